The summed E-state index contributed by atoms with van der Waals surface area (Å²) < 4.78 is 32.3. The fourth-order valence-corrected chi connectivity index (χ4v) is 4.01. The Balaban J connectivity index is 2.08. The minimum Gasteiger partial charge on any atom is -0.495 e. The van der Waals surface area contributed by atoms with Crippen LogP contribution in [0.15, 0.2) is 23.1 Å². The lowest BCUT2D eigenvalue weighted by molar-refractivity contribution is -0.134. The number of nitrogens with one attached hydrogen (secondary N) is 1. The summed E-state index contributed by atoms with van der Waals surface area (Å²) in [7, 11) is -0.413. The van der Waals surface area contributed by atoms with Gasteiger partial charge < -0.3 is 14.5 Å². The normalized spacial score (nSPS) is 17.6. The average molecular weight is 376 g/mol. The van der Waals surface area contributed by atoms with E-state index in [4.69, 9.17) is 16.3 Å². The lowest BCUT2D eigenvalue weighted by atomic mass is 10.2. The quantitative estimate of drug-likeness (QED) is 0.823. The second-order valence-electron chi connectivity index (χ2n) is 5.77. The minimum atomic E-state index is -3.85. The molecule has 0 aromatic heterocycles. The van der Waals surface area contributed by atoms with Crippen LogP contribution >= 0.6 is 11.6 Å². The standard InChI is InChI=1S/C15H22ClN3O4S/c1-11(15(20)19-8-6-18(2)7-9-19)17-24(21,22)12-4-5-14(23-3)13(16)10-12/h4-5,10-11,17H,6-9H2,1-3H3. The van der Waals surface area contributed by atoms with E-state index in [1.165, 1.54) is 25.3 Å². The molecule has 1 unspecified atom stereocenters. The Morgan fingerprint density at radius 1 is 1.29 bits per heavy atom. The van der Waals surface area contributed by atoms with E-state index in [2.05, 4.69) is 9.62 Å². The molecule has 1 aromatic carbocycles. The second-order valence-corrected chi connectivity index (χ2v) is 7.89. The van der Waals surface area contributed by atoms with Crippen LogP contribution in [0.1, 0.15) is 6.92 Å². The molecule has 0 radical (unpaired) electrons. The molecule has 1 saturated heterocycles. The molecule has 9 heteroatoms. The van der Waals surface area contributed by atoms with Crippen LogP contribution in [0.2, 0.25) is 5.02 Å². The smallest absolute Gasteiger partial charge is 0.241 e. The van der Waals surface area contributed by atoms with Gasteiger partial charge in [-0.1, -0.05) is 11.6 Å². The lowest BCUT2D eigenvalue weighted by Gasteiger charge is -2.34. The lowest BCUT2D eigenvalue weighted by Crippen LogP contribution is -2.53. The molecule has 1 aromatic rings. The number of carbonyl (C=O) groups is 1. The summed E-state index contributed by atoms with van der Waals surface area (Å²) in [6.07, 6.45) is 0. The Morgan fingerprint density at radius 3 is 2.46 bits per heavy atom. The third-order valence-corrected chi connectivity index (χ3v) is 5.78. The van der Waals surface area contributed by atoms with Crippen LogP contribution in [0.5, 0.6) is 5.75 Å². The maximum atomic E-state index is 12.4. The van der Waals surface area contributed by atoms with Crippen LogP contribution in [-0.2, 0) is 14.8 Å². The largest absolute Gasteiger partial charge is 0.495 e. The van der Waals surface area contributed by atoms with Crippen molar-refractivity contribution >= 4 is 27.5 Å². The summed E-state index contributed by atoms with van der Waals surface area (Å²) in [6, 6.07) is 3.32. The highest BCUT2D eigenvalue weighted by Gasteiger charge is 2.27. The number of halogens is 1. The van der Waals surface area contributed by atoms with E-state index in [-0.39, 0.29) is 15.8 Å². The topological polar surface area (TPSA) is 78.9 Å². The third kappa shape index (κ3) is 4.38. The molecule has 134 valence electrons. The Labute approximate surface area is 147 Å². The van der Waals surface area contributed by atoms with Crippen molar-refractivity contribution in [1.29, 1.82) is 0 Å². The molecule has 1 heterocycles. The highest BCUT2D eigenvalue weighted by molar-refractivity contribution is 7.89. The SMILES string of the molecule is COc1ccc(S(=O)(=O)NC(C)C(=O)N2CCN(C)CC2)cc1Cl. The molecule has 7 nitrogen and oxygen atoms in total. The van der Waals surface area contributed by atoms with E-state index in [0.717, 1.165) is 13.1 Å². The van der Waals surface area contributed by atoms with E-state index in [1.54, 1.807) is 11.8 Å². The summed E-state index contributed by atoms with van der Waals surface area (Å²) in [4.78, 5) is 16.2. The fourth-order valence-electron chi connectivity index (χ4n) is 2.47. The summed E-state index contributed by atoms with van der Waals surface area (Å²) in [5.41, 5.74) is 0. The number of amides is 1. The number of likely N-dealkylation sites (N-methyl/N-ethyl adjacent to an activating group) is 1. The van der Waals surface area contributed by atoms with Crippen LogP contribution in [0.3, 0.4) is 0 Å². The summed E-state index contributed by atoms with van der Waals surface area (Å²) in [6.45, 7) is 4.29. The van der Waals surface area contributed by atoms with Gasteiger partial charge in [-0.05, 0) is 32.2 Å². The van der Waals surface area contributed by atoms with Crippen molar-refractivity contribution in [2.45, 2.75) is 17.9 Å². The van der Waals surface area contributed by atoms with Crippen molar-refractivity contribution in [3.05, 3.63) is 23.2 Å². The molecule has 1 aliphatic rings. The molecule has 0 aliphatic carbocycles. The Hall–Kier alpha value is -1.35. The highest BCUT2D eigenvalue weighted by Crippen LogP contribution is 2.26. The zero-order valence-corrected chi connectivity index (χ0v) is 15.5. The third-order valence-electron chi connectivity index (χ3n) is 3.95. The van der Waals surface area contributed by atoms with Crippen LogP contribution < -0.4 is 9.46 Å². The van der Waals surface area contributed by atoms with Gasteiger partial charge in [-0.2, -0.15) is 4.72 Å². The predicted octanol–water partition coefficient (Wildman–Crippen LogP) is 0.789. The molecule has 0 saturated carbocycles. The van der Waals surface area contributed by atoms with Gasteiger partial charge in [-0.25, -0.2) is 8.42 Å². The van der Waals surface area contributed by atoms with Gasteiger partial charge in [0.05, 0.1) is 23.1 Å². The number of carbonyl (C=O) groups excluding carboxylic acids is 1. The number of ether oxygens (including phenoxy) is 1. The van der Waals surface area contributed by atoms with Crippen LogP contribution in [-0.4, -0.2) is 70.5 Å². The molecular weight excluding hydrogens is 354 g/mol. The van der Waals surface area contributed by atoms with Crippen molar-refractivity contribution in [2.24, 2.45) is 0 Å². The maximum Gasteiger partial charge on any atom is 0.241 e. The van der Waals surface area contributed by atoms with E-state index in [9.17, 15) is 13.2 Å². The maximum absolute atomic E-state index is 12.4. The number of methoxy groups -OCH3 is 1. The first-order chi connectivity index (χ1) is 11.2. The van der Waals surface area contributed by atoms with Gasteiger partial charge in [0.15, 0.2) is 0 Å². The van der Waals surface area contributed by atoms with Gasteiger partial charge in [0.1, 0.15) is 5.75 Å². The fraction of sp³-hybridized carbons (Fsp3) is 0.533. The Bertz CT molecular complexity index is 703. The predicted molar refractivity (Wildman–Crippen MR) is 91.9 cm³/mol. The van der Waals surface area contributed by atoms with Crippen molar-refractivity contribution in [1.82, 2.24) is 14.5 Å². The molecule has 1 amide bonds. The number of nitrogens with zero attached hydrogens (tertiary/aromatic N) is 2. The van der Waals surface area contributed by atoms with Crippen molar-refractivity contribution in [3.8, 4) is 5.75 Å². The number of hydrogen-bond acceptors (Lipinski definition) is 5. The van der Waals surface area contributed by atoms with Gasteiger partial charge in [-0.15, -0.1) is 0 Å². The first-order valence-electron chi connectivity index (χ1n) is 7.58. The van der Waals surface area contributed by atoms with Crippen molar-refractivity contribution in [3.63, 3.8) is 0 Å². The molecule has 1 atom stereocenters. The van der Waals surface area contributed by atoms with Gasteiger partial charge in [0, 0.05) is 26.2 Å². The van der Waals surface area contributed by atoms with Gasteiger partial charge in [0.25, 0.3) is 0 Å². The van der Waals surface area contributed by atoms with Crippen LogP contribution in [0.25, 0.3) is 0 Å². The summed E-state index contributed by atoms with van der Waals surface area (Å²) in [5, 5.41) is 0.193. The zero-order valence-electron chi connectivity index (χ0n) is 14.0. The Kier molecular flexibility index (Phi) is 6.08. The molecule has 0 spiro atoms. The number of hydrogen-bond donors (Lipinski definition) is 1. The van der Waals surface area contributed by atoms with E-state index in [0.29, 0.717) is 18.8 Å². The monoisotopic (exact) mass is 375 g/mol. The average Bonchev–Trinajstić information content (AvgIpc) is 2.54. The van der Waals surface area contributed by atoms with Gasteiger partial charge >= 0.3 is 0 Å². The van der Waals surface area contributed by atoms with Crippen LogP contribution in [0.4, 0.5) is 0 Å². The first kappa shape index (κ1) is 19.0. The van der Waals surface area contributed by atoms with E-state index in [1.807, 2.05) is 7.05 Å². The van der Waals surface area contributed by atoms with Gasteiger partial charge in [0.2, 0.25) is 15.9 Å². The van der Waals surface area contributed by atoms with Gasteiger partial charge in [-0.3, -0.25) is 4.79 Å². The second kappa shape index (κ2) is 7.69. The molecule has 1 N–H and O–H groups in total. The number of sulfonamides is 1. The molecule has 24 heavy (non-hydrogen) atoms. The number of rotatable bonds is 5. The zero-order chi connectivity index (χ0) is 17.9. The first-order valence-corrected chi connectivity index (χ1v) is 9.44. The van der Waals surface area contributed by atoms with Crippen LogP contribution in [0, 0.1) is 0 Å². The molecule has 1 aliphatic heterocycles. The molecular formula is C15H22ClN3O4S. The number of benzene rings is 1. The van der Waals surface area contributed by atoms with Crippen molar-refractivity contribution in [2.75, 3.05) is 40.3 Å². The number of piperazine rings is 1. The van der Waals surface area contributed by atoms with E-state index < -0.39 is 16.1 Å². The summed E-state index contributed by atoms with van der Waals surface area (Å²) >= 11 is 5.97. The molecule has 0 bridgehead atoms. The molecule has 1 fully saturated rings. The summed E-state index contributed by atoms with van der Waals surface area (Å²) in [5.74, 6) is 0.156. The highest BCUT2D eigenvalue weighted by atomic mass is 35.5. The minimum absolute atomic E-state index is 0.00803. The van der Waals surface area contributed by atoms with Crippen molar-refractivity contribution < 1.29 is 17.9 Å². The molecule has 2 rings (SSSR count). The van der Waals surface area contributed by atoms with E-state index >= 15 is 0 Å². The Morgan fingerprint density at radius 2 is 1.92 bits per heavy atom.